The average Bonchev–Trinajstić information content (AvgIpc) is 2.20. The predicted octanol–water partition coefficient (Wildman–Crippen LogP) is 4.82. The molecule has 1 aromatic carbocycles. The standard InChI is InChI=1S/C7H16O.C7H8.C2H6/c1-6(2,3)7(4,5)8;1-7-5-3-2-4-6-7;1-2/h8H,1-5H3;2-6H,1H3;1-2H3. The highest BCUT2D eigenvalue weighted by atomic mass is 16.3. The van der Waals surface area contributed by atoms with E-state index in [1.165, 1.54) is 5.56 Å². The number of aryl methyl sites for hydroxylation is 1. The summed E-state index contributed by atoms with van der Waals surface area (Å²) in [6.07, 6.45) is 0. The van der Waals surface area contributed by atoms with Crippen LogP contribution >= 0.6 is 0 Å². The monoisotopic (exact) mass is 238 g/mol. The van der Waals surface area contributed by atoms with Crippen LogP contribution in [0.4, 0.5) is 0 Å². The van der Waals surface area contributed by atoms with Crippen LogP contribution < -0.4 is 0 Å². The van der Waals surface area contributed by atoms with E-state index < -0.39 is 5.60 Å². The van der Waals surface area contributed by atoms with Crippen LogP contribution in [0.15, 0.2) is 30.3 Å². The smallest absolute Gasteiger partial charge is 0.0639 e. The normalized spacial score (nSPS) is 10.6. The third kappa shape index (κ3) is 10.1. The van der Waals surface area contributed by atoms with Crippen molar-refractivity contribution in [3.8, 4) is 0 Å². The van der Waals surface area contributed by atoms with Gasteiger partial charge >= 0.3 is 0 Å². The van der Waals surface area contributed by atoms with Crippen LogP contribution in [0.5, 0.6) is 0 Å². The zero-order valence-corrected chi connectivity index (χ0v) is 12.8. The van der Waals surface area contributed by atoms with Crippen molar-refractivity contribution in [3.05, 3.63) is 35.9 Å². The molecule has 0 radical (unpaired) electrons. The van der Waals surface area contributed by atoms with E-state index in [9.17, 15) is 5.11 Å². The minimum absolute atomic E-state index is 0.00694. The molecule has 1 nitrogen and oxygen atoms in total. The van der Waals surface area contributed by atoms with Crippen molar-refractivity contribution >= 4 is 0 Å². The number of rotatable bonds is 0. The van der Waals surface area contributed by atoms with Gasteiger partial charge in [-0.15, -0.1) is 0 Å². The molecule has 0 spiro atoms. The number of aliphatic hydroxyl groups is 1. The molecule has 0 aromatic heterocycles. The van der Waals surface area contributed by atoms with E-state index in [-0.39, 0.29) is 5.41 Å². The summed E-state index contributed by atoms with van der Waals surface area (Å²) in [5.74, 6) is 0. The van der Waals surface area contributed by atoms with Gasteiger partial charge in [-0.05, 0) is 26.2 Å². The second kappa shape index (κ2) is 8.30. The van der Waals surface area contributed by atoms with Gasteiger partial charge < -0.3 is 5.11 Å². The van der Waals surface area contributed by atoms with Crippen LogP contribution in [0.3, 0.4) is 0 Å². The summed E-state index contributed by atoms with van der Waals surface area (Å²) < 4.78 is 0. The van der Waals surface area contributed by atoms with E-state index in [1.807, 2.05) is 66.7 Å². The van der Waals surface area contributed by atoms with Gasteiger partial charge in [-0.2, -0.15) is 0 Å². The third-order valence-corrected chi connectivity index (χ3v) is 2.78. The maximum Gasteiger partial charge on any atom is 0.0639 e. The fraction of sp³-hybridized carbons (Fsp3) is 0.625. The minimum Gasteiger partial charge on any atom is -0.390 e. The summed E-state index contributed by atoms with van der Waals surface area (Å²) in [7, 11) is 0. The molecule has 0 aliphatic heterocycles. The van der Waals surface area contributed by atoms with E-state index in [4.69, 9.17) is 0 Å². The van der Waals surface area contributed by atoms with Gasteiger partial charge in [-0.25, -0.2) is 0 Å². The van der Waals surface area contributed by atoms with Crippen molar-refractivity contribution in [2.45, 2.75) is 61.0 Å². The highest BCUT2D eigenvalue weighted by molar-refractivity contribution is 5.11. The third-order valence-electron chi connectivity index (χ3n) is 2.78. The number of benzene rings is 1. The van der Waals surface area contributed by atoms with Crippen LogP contribution in [-0.4, -0.2) is 10.7 Å². The predicted molar refractivity (Wildman–Crippen MR) is 78.3 cm³/mol. The summed E-state index contributed by atoms with van der Waals surface area (Å²) in [5.41, 5.74) is 0.752. The first-order valence-electron chi connectivity index (χ1n) is 6.38. The molecule has 0 saturated carbocycles. The molecular weight excluding hydrogens is 208 g/mol. The molecule has 1 N–H and O–H groups in total. The largest absolute Gasteiger partial charge is 0.390 e. The van der Waals surface area contributed by atoms with E-state index in [0.29, 0.717) is 0 Å². The van der Waals surface area contributed by atoms with Gasteiger partial charge in [0.05, 0.1) is 5.60 Å². The second-order valence-corrected chi connectivity index (χ2v) is 5.46. The fourth-order valence-electron chi connectivity index (χ4n) is 0.534. The fourth-order valence-corrected chi connectivity index (χ4v) is 0.534. The van der Waals surface area contributed by atoms with Gasteiger partial charge in [0, 0.05) is 0 Å². The molecule has 17 heavy (non-hydrogen) atoms. The lowest BCUT2D eigenvalue weighted by atomic mass is 9.79. The molecule has 0 fully saturated rings. The van der Waals surface area contributed by atoms with E-state index >= 15 is 0 Å². The van der Waals surface area contributed by atoms with E-state index in [1.54, 1.807) is 0 Å². The summed E-state index contributed by atoms with van der Waals surface area (Å²) >= 11 is 0. The average molecular weight is 238 g/mol. The highest BCUT2D eigenvalue weighted by Gasteiger charge is 2.29. The SMILES string of the molecule is CC.CC(C)(C)C(C)(C)O.Cc1ccccc1. The lowest BCUT2D eigenvalue weighted by Gasteiger charge is -2.33. The zero-order valence-electron chi connectivity index (χ0n) is 12.8. The van der Waals surface area contributed by atoms with Gasteiger partial charge in [0.25, 0.3) is 0 Å². The maximum atomic E-state index is 9.35. The molecule has 1 aromatic rings. The number of hydrogen-bond donors (Lipinski definition) is 1. The first kappa shape index (κ1) is 18.5. The van der Waals surface area contributed by atoms with Crippen molar-refractivity contribution < 1.29 is 5.11 Å². The first-order chi connectivity index (χ1) is 7.64. The summed E-state index contributed by atoms with van der Waals surface area (Å²) in [6.45, 7) is 15.8. The van der Waals surface area contributed by atoms with Crippen molar-refractivity contribution in [1.29, 1.82) is 0 Å². The van der Waals surface area contributed by atoms with Crippen molar-refractivity contribution in [2.24, 2.45) is 5.41 Å². The molecule has 0 unspecified atom stereocenters. The molecule has 0 saturated heterocycles. The van der Waals surface area contributed by atoms with Gasteiger partial charge in [0.2, 0.25) is 0 Å². The Morgan fingerprint density at radius 1 is 0.824 bits per heavy atom. The molecular formula is C16H30O. The van der Waals surface area contributed by atoms with Crippen LogP contribution in [0.2, 0.25) is 0 Å². The van der Waals surface area contributed by atoms with Crippen LogP contribution in [-0.2, 0) is 0 Å². The lowest BCUT2D eigenvalue weighted by Crippen LogP contribution is -2.35. The first-order valence-corrected chi connectivity index (χ1v) is 6.38. The lowest BCUT2D eigenvalue weighted by molar-refractivity contribution is -0.0238. The Morgan fingerprint density at radius 2 is 1.12 bits per heavy atom. The van der Waals surface area contributed by atoms with Gasteiger partial charge in [0.15, 0.2) is 0 Å². The number of hydrogen-bond acceptors (Lipinski definition) is 1. The van der Waals surface area contributed by atoms with Crippen molar-refractivity contribution in [2.75, 3.05) is 0 Å². The zero-order chi connectivity index (χ0) is 14.1. The summed E-state index contributed by atoms with van der Waals surface area (Å²) in [5, 5.41) is 9.35. The van der Waals surface area contributed by atoms with Gasteiger partial charge in [-0.1, -0.05) is 70.5 Å². The topological polar surface area (TPSA) is 20.2 Å². The Balaban J connectivity index is 0. The Labute approximate surface area is 108 Å². The molecule has 0 aliphatic carbocycles. The van der Waals surface area contributed by atoms with Crippen LogP contribution in [0.1, 0.15) is 54.0 Å². The molecule has 0 bridgehead atoms. The van der Waals surface area contributed by atoms with Crippen molar-refractivity contribution in [1.82, 2.24) is 0 Å². The Bertz CT molecular complexity index is 250. The second-order valence-electron chi connectivity index (χ2n) is 5.46. The maximum absolute atomic E-state index is 9.35. The minimum atomic E-state index is -0.562. The molecule has 1 rings (SSSR count). The molecule has 0 amide bonds. The van der Waals surface area contributed by atoms with Gasteiger partial charge in [-0.3, -0.25) is 0 Å². The summed E-state index contributed by atoms with van der Waals surface area (Å²) in [4.78, 5) is 0. The molecule has 0 aliphatic rings. The van der Waals surface area contributed by atoms with E-state index in [2.05, 4.69) is 19.1 Å². The highest BCUT2D eigenvalue weighted by Crippen LogP contribution is 2.28. The molecule has 100 valence electrons. The molecule has 0 atom stereocenters. The Hall–Kier alpha value is -0.820. The van der Waals surface area contributed by atoms with Crippen LogP contribution in [0, 0.1) is 12.3 Å². The molecule has 0 heterocycles. The van der Waals surface area contributed by atoms with E-state index in [0.717, 1.165) is 0 Å². The Morgan fingerprint density at radius 3 is 1.24 bits per heavy atom. The van der Waals surface area contributed by atoms with Crippen LogP contribution in [0.25, 0.3) is 0 Å². The Kier molecular flexibility index (Phi) is 9.05. The van der Waals surface area contributed by atoms with Crippen molar-refractivity contribution in [3.63, 3.8) is 0 Å². The summed E-state index contributed by atoms with van der Waals surface area (Å²) in [6, 6.07) is 10.3. The van der Waals surface area contributed by atoms with Gasteiger partial charge in [0.1, 0.15) is 0 Å². The molecule has 1 heteroatoms. The quantitative estimate of drug-likeness (QED) is 0.686.